The summed E-state index contributed by atoms with van der Waals surface area (Å²) in [5, 5.41) is 2.30. The first-order valence-electron chi connectivity index (χ1n) is 2.97. The highest BCUT2D eigenvalue weighted by Crippen LogP contribution is 1.76. The molecule has 0 aliphatic rings. The van der Waals surface area contributed by atoms with Crippen LogP contribution in [0.3, 0.4) is 0 Å². The van der Waals surface area contributed by atoms with Crippen molar-refractivity contribution in [2.75, 3.05) is 13.2 Å². The Balaban J connectivity index is 3.21. The van der Waals surface area contributed by atoms with E-state index in [1.54, 1.807) is 6.92 Å². The van der Waals surface area contributed by atoms with Gasteiger partial charge in [0.2, 0.25) is 0 Å². The molecule has 4 heteroatoms. The van der Waals surface area contributed by atoms with Crippen molar-refractivity contribution in [3.8, 4) is 0 Å². The van der Waals surface area contributed by atoms with Crippen molar-refractivity contribution < 1.29 is 13.9 Å². The molecule has 0 aliphatic heterocycles. The predicted molar refractivity (Wildman–Crippen MR) is 35.3 cm³/mol. The minimum absolute atomic E-state index is 0.162. The third kappa shape index (κ3) is 5.08. The second-order valence-electron chi connectivity index (χ2n) is 1.46. The smallest absolute Gasteiger partial charge is 0.407 e. The van der Waals surface area contributed by atoms with Gasteiger partial charge in [0.1, 0.15) is 0 Å². The summed E-state index contributed by atoms with van der Waals surface area (Å²) < 4.78 is 15.7. The number of hydrogen-bond donors (Lipinski definition) is 1. The molecule has 1 N–H and O–H groups in total. The lowest BCUT2D eigenvalue weighted by molar-refractivity contribution is 0.153. The summed E-state index contributed by atoms with van der Waals surface area (Å²) in [6.45, 7) is 2.19. The van der Waals surface area contributed by atoms with Crippen LogP contribution in [-0.2, 0) is 4.74 Å². The van der Waals surface area contributed by atoms with Gasteiger partial charge in [-0.15, -0.1) is 0 Å². The van der Waals surface area contributed by atoms with Gasteiger partial charge in [-0.1, -0.05) is 0 Å². The van der Waals surface area contributed by atoms with Gasteiger partial charge in [0.25, 0.3) is 0 Å². The van der Waals surface area contributed by atoms with Gasteiger partial charge in [-0.2, -0.15) is 0 Å². The van der Waals surface area contributed by atoms with Crippen molar-refractivity contribution in [1.29, 1.82) is 0 Å². The van der Waals surface area contributed by atoms with Crippen molar-refractivity contribution >= 4 is 6.09 Å². The number of halogens is 1. The van der Waals surface area contributed by atoms with Crippen LogP contribution < -0.4 is 5.32 Å². The number of hydrogen-bond acceptors (Lipinski definition) is 2. The molecule has 0 aromatic rings. The predicted octanol–water partition coefficient (Wildman–Crippen LogP) is 1.22. The van der Waals surface area contributed by atoms with E-state index in [2.05, 4.69) is 10.1 Å². The molecule has 58 valence electrons. The topological polar surface area (TPSA) is 38.3 Å². The van der Waals surface area contributed by atoms with Gasteiger partial charge >= 0.3 is 6.09 Å². The average Bonchev–Trinajstić information content (AvgIpc) is 1.89. The number of alkyl carbamates (subject to hydrolysis) is 1. The maximum atomic E-state index is 11.3. The second-order valence-corrected chi connectivity index (χ2v) is 1.46. The quantitative estimate of drug-likeness (QED) is 0.651. The van der Waals surface area contributed by atoms with Gasteiger partial charge in [0.05, 0.1) is 12.9 Å². The number of nitrogens with one attached hydrogen (secondary N) is 1. The fraction of sp³-hybridized carbons (Fsp3) is 0.500. The molecule has 0 atom stereocenters. The summed E-state index contributed by atoms with van der Waals surface area (Å²) >= 11 is 0. The molecule has 0 saturated carbocycles. The second kappa shape index (κ2) is 6.07. The van der Waals surface area contributed by atoms with Crippen LogP contribution in [0.5, 0.6) is 0 Å². The summed E-state index contributed by atoms with van der Waals surface area (Å²) in [6, 6.07) is 0. The molecule has 0 fully saturated rings. The van der Waals surface area contributed by atoms with E-state index in [9.17, 15) is 9.18 Å². The van der Waals surface area contributed by atoms with Crippen LogP contribution in [0.1, 0.15) is 6.92 Å². The molecule has 0 aliphatic carbocycles. The molecule has 0 radical (unpaired) electrons. The van der Waals surface area contributed by atoms with E-state index in [0.717, 1.165) is 0 Å². The molecule has 0 spiro atoms. The van der Waals surface area contributed by atoms with Crippen molar-refractivity contribution in [3.05, 3.63) is 12.4 Å². The first-order chi connectivity index (χ1) is 4.81. The van der Waals surface area contributed by atoms with E-state index in [4.69, 9.17) is 0 Å². The molecule has 10 heavy (non-hydrogen) atoms. The van der Waals surface area contributed by atoms with Crippen LogP contribution in [-0.4, -0.2) is 19.2 Å². The highest BCUT2D eigenvalue weighted by Gasteiger charge is 1.94. The highest BCUT2D eigenvalue weighted by molar-refractivity contribution is 5.67. The zero-order valence-corrected chi connectivity index (χ0v) is 5.76. The first-order valence-corrected chi connectivity index (χ1v) is 2.97. The van der Waals surface area contributed by atoms with Gasteiger partial charge in [-0.3, -0.25) is 0 Å². The minimum atomic E-state index is -0.527. The Morgan fingerprint density at radius 3 is 3.00 bits per heavy atom. The summed E-state index contributed by atoms with van der Waals surface area (Å²) in [4.78, 5) is 10.4. The van der Waals surface area contributed by atoms with E-state index in [0.29, 0.717) is 12.9 Å². The van der Waals surface area contributed by atoms with Gasteiger partial charge in [-0.25, -0.2) is 9.18 Å². The van der Waals surface area contributed by atoms with E-state index in [-0.39, 0.29) is 6.54 Å². The first kappa shape index (κ1) is 8.94. The number of carbonyl (C=O) groups is 1. The summed E-state index contributed by atoms with van der Waals surface area (Å²) in [7, 11) is 0. The monoisotopic (exact) mass is 147 g/mol. The van der Waals surface area contributed by atoms with E-state index in [1.165, 1.54) is 6.08 Å². The van der Waals surface area contributed by atoms with Crippen LogP contribution in [0.4, 0.5) is 9.18 Å². The Hall–Kier alpha value is -1.06. The van der Waals surface area contributed by atoms with Gasteiger partial charge in [0.15, 0.2) is 0 Å². The SMILES string of the molecule is CCOC(=O)NCC=CF. The molecule has 0 aromatic carbocycles. The number of carbonyl (C=O) groups excluding carboxylic acids is 1. The molecule has 3 nitrogen and oxygen atoms in total. The Morgan fingerprint density at radius 2 is 2.50 bits per heavy atom. The normalized spacial score (nSPS) is 9.80. The van der Waals surface area contributed by atoms with Crippen LogP contribution in [0.25, 0.3) is 0 Å². The maximum Gasteiger partial charge on any atom is 0.407 e. The fourth-order valence-corrected chi connectivity index (χ4v) is 0.369. The summed E-state index contributed by atoms with van der Waals surface area (Å²) in [6.07, 6.45) is 1.02. The Bertz CT molecular complexity index is 125. The molecule has 0 bridgehead atoms. The molecular formula is C6H10FNO2. The van der Waals surface area contributed by atoms with Gasteiger partial charge < -0.3 is 10.1 Å². The third-order valence-corrected chi connectivity index (χ3v) is 0.729. The number of rotatable bonds is 3. The lowest BCUT2D eigenvalue weighted by Crippen LogP contribution is -2.23. The summed E-state index contributed by atoms with van der Waals surface area (Å²) in [5.74, 6) is 0. The largest absolute Gasteiger partial charge is 0.450 e. The van der Waals surface area contributed by atoms with Crippen LogP contribution in [0, 0.1) is 0 Å². The van der Waals surface area contributed by atoms with Crippen LogP contribution in [0.2, 0.25) is 0 Å². The fourth-order valence-electron chi connectivity index (χ4n) is 0.369. The maximum absolute atomic E-state index is 11.3. The summed E-state index contributed by atoms with van der Waals surface area (Å²) in [5.41, 5.74) is 0. The van der Waals surface area contributed by atoms with Crippen molar-refractivity contribution in [2.24, 2.45) is 0 Å². The number of amides is 1. The molecular weight excluding hydrogens is 137 g/mol. The van der Waals surface area contributed by atoms with E-state index >= 15 is 0 Å². The zero-order chi connectivity index (χ0) is 7.82. The van der Waals surface area contributed by atoms with Crippen molar-refractivity contribution in [1.82, 2.24) is 5.32 Å². The zero-order valence-electron chi connectivity index (χ0n) is 5.76. The molecule has 0 aromatic heterocycles. The molecule has 0 unspecified atom stereocenters. The van der Waals surface area contributed by atoms with Gasteiger partial charge in [0, 0.05) is 6.54 Å². The van der Waals surface area contributed by atoms with Gasteiger partial charge in [-0.05, 0) is 13.0 Å². The molecule has 0 saturated heterocycles. The van der Waals surface area contributed by atoms with Crippen LogP contribution >= 0.6 is 0 Å². The van der Waals surface area contributed by atoms with E-state index < -0.39 is 6.09 Å². The minimum Gasteiger partial charge on any atom is -0.450 e. The molecule has 1 amide bonds. The lowest BCUT2D eigenvalue weighted by atomic mass is 10.6. The third-order valence-electron chi connectivity index (χ3n) is 0.729. The lowest BCUT2D eigenvalue weighted by Gasteiger charge is -1.99. The Labute approximate surface area is 58.9 Å². The van der Waals surface area contributed by atoms with Crippen molar-refractivity contribution in [3.63, 3.8) is 0 Å². The standard InChI is InChI=1S/C6H10FNO2/c1-2-10-6(9)8-5-3-4-7/h3-4H,2,5H2,1H3,(H,8,9). The Morgan fingerprint density at radius 1 is 1.80 bits per heavy atom. The highest BCUT2D eigenvalue weighted by atomic mass is 19.1. The van der Waals surface area contributed by atoms with E-state index in [1.807, 2.05) is 0 Å². The molecule has 0 heterocycles. The average molecular weight is 147 g/mol. The molecule has 0 rings (SSSR count). The number of ether oxygens (including phenoxy) is 1. The van der Waals surface area contributed by atoms with Crippen LogP contribution in [0.15, 0.2) is 12.4 Å². The van der Waals surface area contributed by atoms with Crippen molar-refractivity contribution in [2.45, 2.75) is 6.92 Å². The Kier molecular flexibility index (Phi) is 5.42.